The van der Waals surface area contributed by atoms with Crippen LogP contribution in [0.1, 0.15) is 216 Å². The summed E-state index contributed by atoms with van der Waals surface area (Å²) in [6, 6.07) is 21.8. The molecule has 0 amide bonds. The van der Waals surface area contributed by atoms with Crippen molar-refractivity contribution < 1.29 is 71.4 Å². The Balaban J connectivity index is 1.25. The average Bonchev–Trinajstić information content (AvgIpc) is 3.65. The first-order valence-corrected chi connectivity index (χ1v) is 30.9. The molecule has 464 valence electrons. The van der Waals surface area contributed by atoms with Crippen LogP contribution in [0.25, 0.3) is 16.7 Å². The van der Waals surface area contributed by atoms with Gasteiger partial charge < -0.3 is 42.6 Å². The number of rotatable bonds is 50. The summed E-state index contributed by atoms with van der Waals surface area (Å²) in [4.78, 5) is 73.7. The lowest BCUT2D eigenvalue weighted by atomic mass is 10.1. The summed E-state index contributed by atoms with van der Waals surface area (Å²) in [5.41, 5.74) is 3.05. The molecule has 0 aliphatic heterocycles. The summed E-state index contributed by atoms with van der Waals surface area (Å²) in [6.45, 7) is 13.2. The van der Waals surface area contributed by atoms with Crippen molar-refractivity contribution >= 4 is 52.5 Å². The van der Waals surface area contributed by atoms with Crippen LogP contribution in [0.4, 0.5) is 0 Å². The molecular formula is C69H98O15. The van der Waals surface area contributed by atoms with Crippen molar-refractivity contribution in [3.63, 3.8) is 0 Å². The maximum absolute atomic E-state index is 13.0. The van der Waals surface area contributed by atoms with Gasteiger partial charge in [0.15, 0.2) is 0 Å². The molecule has 0 bridgehead atoms. The molecule has 0 aromatic heterocycles. The van der Waals surface area contributed by atoms with Gasteiger partial charge in [-0.2, -0.15) is 0 Å². The lowest BCUT2D eigenvalue weighted by molar-refractivity contribution is -0.191. The Morgan fingerprint density at radius 3 is 0.821 bits per heavy atom. The Kier molecular flexibility index (Phi) is 38.7. The van der Waals surface area contributed by atoms with Crippen molar-refractivity contribution in [3.05, 3.63) is 109 Å². The number of benzene rings is 3. The Hall–Kier alpha value is -6.90. The van der Waals surface area contributed by atoms with Crippen molar-refractivity contribution in [3.8, 4) is 17.2 Å². The minimum absolute atomic E-state index is 0.0106. The third-order valence-corrected chi connectivity index (χ3v) is 14.4. The molecular weight excluding hydrogens is 1070 g/mol. The Bertz CT molecular complexity index is 2260. The summed E-state index contributed by atoms with van der Waals surface area (Å²) in [5, 5.41) is 0. The molecule has 0 saturated heterocycles. The van der Waals surface area contributed by atoms with E-state index in [0.717, 1.165) is 178 Å². The quantitative estimate of drug-likeness (QED) is 0.0171. The lowest BCUT2D eigenvalue weighted by Crippen LogP contribution is -2.26. The van der Waals surface area contributed by atoms with Crippen molar-refractivity contribution in [2.24, 2.45) is 0 Å². The fraction of sp³-hybridized carbons (Fsp3) is 0.565. The molecule has 0 radical (unpaired) electrons. The van der Waals surface area contributed by atoms with E-state index in [4.69, 9.17) is 42.6 Å². The third-order valence-electron chi connectivity index (χ3n) is 14.4. The van der Waals surface area contributed by atoms with Gasteiger partial charge in [-0.25, -0.2) is 14.4 Å². The molecule has 84 heavy (non-hydrogen) atoms. The normalized spacial score (nSPS) is 10.9. The number of hydrogen-bond donors (Lipinski definition) is 0. The van der Waals surface area contributed by atoms with Gasteiger partial charge >= 0.3 is 35.8 Å². The molecule has 0 heterocycles. The monoisotopic (exact) mass is 1170 g/mol. The molecule has 0 N–H and O–H groups in total. The fourth-order valence-electron chi connectivity index (χ4n) is 9.27. The van der Waals surface area contributed by atoms with Crippen molar-refractivity contribution in [2.45, 2.75) is 205 Å². The maximum atomic E-state index is 13.0. The van der Waals surface area contributed by atoms with Crippen LogP contribution in [0.15, 0.2) is 92.5 Å². The van der Waals surface area contributed by atoms with Gasteiger partial charge in [0.2, 0.25) is 0 Å². The van der Waals surface area contributed by atoms with Crippen molar-refractivity contribution in [1.82, 2.24) is 0 Å². The lowest BCUT2D eigenvalue weighted by Gasteiger charge is -2.18. The van der Waals surface area contributed by atoms with Crippen LogP contribution in [0, 0.1) is 0 Å². The van der Waals surface area contributed by atoms with E-state index in [1.54, 1.807) is 36.4 Å². The second kappa shape index (κ2) is 45.5. The molecule has 0 unspecified atom stereocenters. The minimum Gasteiger partial charge on any atom is -0.494 e. The number of hydrogen-bond acceptors (Lipinski definition) is 15. The van der Waals surface area contributed by atoms with Gasteiger partial charge in [-0.15, -0.1) is 0 Å². The molecule has 3 aromatic carbocycles. The SMILES string of the molecule is C=C(C(=O)OC)c1ccc(OCCCCCCCCCCCC(=O)OCCC(OC(=O)CCCCCCCCCCCOc2ccc(C(=C)C(=O)OC)cc2)OC(=O)CCCCCCCCCCCOc2ccc(C(=C)C(=O)OC)cc2)cc1. The van der Waals surface area contributed by atoms with Crippen LogP contribution in [-0.4, -0.2) is 89.9 Å². The summed E-state index contributed by atoms with van der Waals surface area (Å²) >= 11 is 0. The highest BCUT2D eigenvalue weighted by atomic mass is 16.7. The van der Waals surface area contributed by atoms with Gasteiger partial charge in [0.1, 0.15) is 17.2 Å². The van der Waals surface area contributed by atoms with E-state index in [-0.39, 0.29) is 31.8 Å². The predicted molar refractivity (Wildman–Crippen MR) is 329 cm³/mol. The first kappa shape index (κ1) is 71.4. The number of unbranched alkanes of at least 4 members (excludes halogenated alkanes) is 24. The first-order valence-electron chi connectivity index (χ1n) is 30.9. The molecule has 0 fully saturated rings. The van der Waals surface area contributed by atoms with Crippen molar-refractivity contribution in [1.29, 1.82) is 0 Å². The van der Waals surface area contributed by atoms with E-state index in [0.29, 0.717) is 72.5 Å². The fourth-order valence-corrected chi connectivity index (χ4v) is 9.27. The zero-order chi connectivity index (χ0) is 60.8. The van der Waals surface area contributed by atoms with Gasteiger partial charge in [0, 0.05) is 19.3 Å². The van der Waals surface area contributed by atoms with E-state index < -0.39 is 36.1 Å². The smallest absolute Gasteiger partial charge is 0.337 e. The predicted octanol–water partition coefficient (Wildman–Crippen LogP) is 15.8. The summed E-state index contributed by atoms with van der Waals surface area (Å²) in [5.74, 6) is -0.259. The second-order valence-electron chi connectivity index (χ2n) is 21.2. The van der Waals surface area contributed by atoms with Gasteiger partial charge in [-0.3, -0.25) is 14.4 Å². The van der Waals surface area contributed by atoms with Gasteiger partial charge in [-0.05, 0) is 91.6 Å². The van der Waals surface area contributed by atoms with E-state index in [2.05, 4.69) is 19.7 Å². The molecule has 3 aromatic rings. The number of carbonyl (C=O) groups is 6. The molecule has 15 heteroatoms. The maximum Gasteiger partial charge on any atom is 0.337 e. The highest BCUT2D eigenvalue weighted by Gasteiger charge is 2.20. The highest BCUT2D eigenvalue weighted by molar-refractivity contribution is 6.16. The second-order valence-corrected chi connectivity index (χ2v) is 21.2. The number of esters is 6. The van der Waals surface area contributed by atoms with Crippen LogP contribution in [0.2, 0.25) is 0 Å². The average molecular weight is 1170 g/mol. The van der Waals surface area contributed by atoms with Crippen LogP contribution < -0.4 is 14.2 Å². The topological polar surface area (TPSA) is 185 Å². The van der Waals surface area contributed by atoms with Crippen LogP contribution in [0.3, 0.4) is 0 Å². The Labute approximate surface area is 501 Å². The van der Waals surface area contributed by atoms with Crippen LogP contribution in [0.5, 0.6) is 17.2 Å². The van der Waals surface area contributed by atoms with Crippen LogP contribution in [-0.2, 0) is 57.2 Å². The largest absolute Gasteiger partial charge is 0.494 e. The summed E-state index contributed by atoms with van der Waals surface area (Å²) < 4.78 is 48.6. The zero-order valence-electron chi connectivity index (χ0n) is 51.0. The summed E-state index contributed by atoms with van der Waals surface area (Å²) in [6.07, 6.45) is 27.3. The van der Waals surface area contributed by atoms with E-state index in [1.165, 1.54) is 21.3 Å². The first-order chi connectivity index (χ1) is 40.8. The molecule has 0 atom stereocenters. The van der Waals surface area contributed by atoms with Crippen LogP contribution >= 0.6 is 0 Å². The molecule has 0 aliphatic carbocycles. The van der Waals surface area contributed by atoms with Gasteiger partial charge in [0.25, 0.3) is 6.29 Å². The van der Waals surface area contributed by atoms with E-state index in [9.17, 15) is 28.8 Å². The zero-order valence-corrected chi connectivity index (χ0v) is 51.0. The molecule has 0 spiro atoms. The molecule has 0 aliphatic rings. The molecule has 15 nitrogen and oxygen atoms in total. The van der Waals surface area contributed by atoms with Gasteiger partial charge in [0.05, 0.1) is 70.9 Å². The third kappa shape index (κ3) is 32.8. The Morgan fingerprint density at radius 2 is 0.560 bits per heavy atom. The van der Waals surface area contributed by atoms with E-state index >= 15 is 0 Å². The summed E-state index contributed by atoms with van der Waals surface area (Å²) in [7, 11) is 4.00. The number of methoxy groups -OCH3 is 3. The Morgan fingerprint density at radius 1 is 0.321 bits per heavy atom. The molecule has 0 saturated carbocycles. The number of ether oxygens (including phenoxy) is 9. The standard InChI is InChI=1S/C69H98O15/c1-54(67(73)76-4)57-37-43-60(44-38-57)79-50-31-25-19-13-7-10-16-22-28-34-63(70)82-53-49-66(83-64(71)35-29-23-17-11-8-14-20-26-32-51-80-61-45-39-58(40-46-61)55(2)68(74)77-5)84-65(72)36-30-24-18-12-9-15-21-27-33-52-81-62-47-41-59(42-48-62)56(3)69(75)78-6/h37-48,66H,1-3,7-36,49-53H2,4-6H3. The minimum atomic E-state index is -1.11. The van der Waals surface area contributed by atoms with E-state index in [1.807, 2.05) is 36.4 Å². The van der Waals surface area contributed by atoms with Gasteiger partial charge in [-0.1, -0.05) is 191 Å². The molecule has 3 rings (SSSR count). The highest BCUT2D eigenvalue weighted by Crippen LogP contribution is 2.23. The van der Waals surface area contributed by atoms with Crippen molar-refractivity contribution in [2.75, 3.05) is 47.8 Å². The number of carbonyl (C=O) groups excluding carboxylic acids is 6.